The monoisotopic (exact) mass is 154 g/mol. The molecule has 1 aromatic rings. The van der Waals surface area contributed by atoms with Gasteiger partial charge in [0.1, 0.15) is 0 Å². The van der Waals surface area contributed by atoms with Crippen molar-refractivity contribution >= 4 is 0 Å². The Morgan fingerprint density at radius 3 is 2.64 bits per heavy atom. The summed E-state index contributed by atoms with van der Waals surface area (Å²) in [5.41, 5.74) is 1.16. The molecule has 1 heterocycles. The van der Waals surface area contributed by atoms with Crippen LogP contribution >= 0.6 is 0 Å². The van der Waals surface area contributed by atoms with Crippen LogP contribution in [-0.4, -0.2) is 11.6 Å². The van der Waals surface area contributed by atoms with Gasteiger partial charge < -0.3 is 10.9 Å². The average molecular weight is 154 g/mol. The Labute approximate surface area is 67.0 Å². The van der Waals surface area contributed by atoms with Crippen LogP contribution in [-0.2, 0) is 0 Å². The molecule has 0 aliphatic rings. The summed E-state index contributed by atoms with van der Waals surface area (Å²) in [5.74, 6) is 0.702. The zero-order valence-electron chi connectivity index (χ0n) is 7.00. The molecule has 0 saturated heterocycles. The summed E-state index contributed by atoms with van der Waals surface area (Å²) in [6.45, 7) is 4.63. The van der Waals surface area contributed by atoms with Crippen molar-refractivity contribution in [3.8, 4) is 5.88 Å². The summed E-state index contributed by atoms with van der Waals surface area (Å²) in [6.07, 6.45) is 1.80. The van der Waals surface area contributed by atoms with Crippen molar-refractivity contribution < 1.29 is 4.74 Å². The molecule has 0 aromatic carbocycles. The number of hydrogen-bond donors (Lipinski definition) is 1. The second-order valence-corrected chi connectivity index (χ2v) is 2.11. The molecule has 11 heavy (non-hydrogen) atoms. The van der Waals surface area contributed by atoms with Crippen molar-refractivity contribution in [3.05, 3.63) is 23.9 Å². The highest BCUT2D eigenvalue weighted by Crippen LogP contribution is 2.05. The molecule has 0 spiro atoms. The summed E-state index contributed by atoms with van der Waals surface area (Å²) < 4.78 is 5.15. The summed E-state index contributed by atoms with van der Waals surface area (Å²) in [5, 5.41) is 0. The second-order valence-electron chi connectivity index (χ2n) is 2.11. The number of rotatable bonds is 2. The summed E-state index contributed by atoms with van der Waals surface area (Å²) >= 11 is 0. The van der Waals surface area contributed by atoms with Crippen molar-refractivity contribution in [2.24, 2.45) is 0 Å². The first-order valence-corrected chi connectivity index (χ1v) is 3.38. The maximum atomic E-state index is 5.15. The van der Waals surface area contributed by atoms with Gasteiger partial charge in [0.2, 0.25) is 5.88 Å². The first-order chi connectivity index (χ1) is 4.83. The third-order valence-corrected chi connectivity index (χ3v) is 1.18. The van der Waals surface area contributed by atoms with Crippen LogP contribution in [0.5, 0.6) is 5.88 Å². The van der Waals surface area contributed by atoms with E-state index in [1.807, 2.05) is 26.0 Å². The van der Waals surface area contributed by atoms with Crippen molar-refractivity contribution in [1.29, 1.82) is 0 Å². The Balaban J connectivity index is 0.000001000. The van der Waals surface area contributed by atoms with Crippen molar-refractivity contribution in [2.75, 3.05) is 6.61 Å². The summed E-state index contributed by atoms with van der Waals surface area (Å²) in [4.78, 5) is 4.05. The quantitative estimate of drug-likeness (QED) is 0.708. The lowest BCUT2D eigenvalue weighted by atomic mass is 10.3. The van der Waals surface area contributed by atoms with E-state index in [-0.39, 0.29) is 6.15 Å². The molecule has 62 valence electrons. The predicted molar refractivity (Wildman–Crippen MR) is 45.2 cm³/mol. The first kappa shape index (κ1) is 9.91. The molecule has 0 amide bonds. The molecule has 1 aromatic heterocycles. The largest absolute Gasteiger partial charge is 0.478 e. The highest BCUT2D eigenvalue weighted by molar-refractivity contribution is 5.15. The van der Waals surface area contributed by atoms with E-state index in [1.54, 1.807) is 6.20 Å². The molecule has 3 N–H and O–H groups in total. The van der Waals surface area contributed by atoms with Crippen LogP contribution in [0.1, 0.15) is 12.5 Å². The van der Waals surface area contributed by atoms with Gasteiger partial charge in [-0.05, 0) is 19.4 Å². The minimum Gasteiger partial charge on any atom is -0.478 e. The van der Waals surface area contributed by atoms with Crippen LogP contribution in [0.3, 0.4) is 0 Å². The molecule has 0 saturated carbocycles. The van der Waals surface area contributed by atoms with Gasteiger partial charge in [-0.1, -0.05) is 6.07 Å². The molecular formula is C8H14N2O. The van der Waals surface area contributed by atoms with Gasteiger partial charge in [-0.2, -0.15) is 0 Å². The molecule has 0 aliphatic carbocycles. The van der Waals surface area contributed by atoms with E-state index in [4.69, 9.17) is 4.74 Å². The Bertz CT molecular complexity index is 196. The lowest BCUT2D eigenvalue weighted by Gasteiger charge is -1.99. The normalized spacial score (nSPS) is 8.55. The van der Waals surface area contributed by atoms with Crippen molar-refractivity contribution in [2.45, 2.75) is 13.8 Å². The topological polar surface area (TPSA) is 57.1 Å². The van der Waals surface area contributed by atoms with E-state index in [2.05, 4.69) is 4.98 Å². The molecule has 0 aliphatic heterocycles. The highest BCUT2D eigenvalue weighted by atomic mass is 16.5. The predicted octanol–water partition coefficient (Wildman–Crippen LogP) is 1.95. The lowest BCUT2D eigenvalue weighted by Crippen LogP contribution is -1.93. The van der Waals surface area contributed by atoms with Crippen LogP contribution in [0, 0.1) is 6.92 Å². The van der Waals surface area contributed by atoms with E-state index in [0.717, 1.165) is 5.56 Å². The fourth-order valence-electron chi connectivity index (χ4n) is 0.688. The summed E-state index contributed by atoms with van der Waals surface area (Å²) in [6, 6.07) is 3.86. The number of ether oxygens (including phenoxy) is 1. The van der Waals surface area contributed by atoms with E-state index < -0.39 is 0 Å². The van der Waals surface area contributed by atoms with Crippen molar-refractivity contribution in [3.63, 3.8) is 0 Å². The van der Waals surface area contributed by atoms with Crippen molar-refractivity contribution in [1.82, 2.24) is 11.1 Å². The number of aromatic nitrogens is 1. The Morgan fingerprint density at radius 2 is 2.18 bits per heavy atom. The second kappa shape index (κ2) is 4.68. The van der Waals surface area contributed by atoms with E-state index in [1.165, 1.54) is 0 Å². The van der Waals surface area contributed by atoms with Crippen LogP contribution in [0.25, 0.3) is 0 Å². The molecule has 0 unspecified atom stereocenters. The van der Waals surface area contributed by atoms with Gasteiger partial charge in [-0.15, -0.1) is 0 Å². The molecule has 0 bridgehead atoms. The number of nitrogens with zero attached hydrogens (tertiary/aromatic N) is 1. The van der Waals surface area contributed by atoms with E-state index >= 15 is 0 Å². The van der Waals surface area contributed by atoms with Crippen LogP contribution in [0.4, 0.5) is 0 Å². The summed E-state index contributed by atoms with van der Waals surface area (Å²) in [7, 11) is 0. The number of hydrogen-bond acceptors (Lipinski definition) is 3. The fraction of sp³-hybridized carbons (Fsp3) is 0.375. The average Bonchev–Trinajstić information content (AvgIpc) is 1.95. The van der Waals surface area contributed by atoms with Crippen LogP contribution in [0.2, 0.25) is 0 Å². The van der Waals surface area contributed by atoms with E-state index in [9.17, 15) is 0 Å². The van der Waals surface area contributed by atoms with Crippen LogP contribution < -0.4 is 10.9 Å². The molecule has 0 fully saturated rings. The van der Waals surface area contributed by atoms with E-state index in [0.29, 0.717) is 12.5 Å². The smallest absolute Gasteiger partial charge is 0.213 e. The number of aryl methyl sites for hydroxylation is 1. The maximum Gasteiger partial charge on any atom is 0.213 e. The molecule has 3 nitrogen and oxygen atoms in total. The minimum absolute atomic E-state index is 0. The zero-order valence-corrected chi connectivity index (χ0v) is 7.00. The van der Waals surface area contributed by atoms with Gasteiger partial charge >= 0.3 is 0 Å². The van der Waals surface area contributed by atoms with Gasteiger partial charge in [0.05, 0.1) is 6.61 Å². The first-order valence-electron chi connectivity index (χ1n) is 3.38. The highest BCUT2D eigenvalue weighted by Gasteiger charge is 1.89. The standard InChI is InChI=1S/C8H11NO.H3N/c1-3-10-8-5-4-7(2)6-9-8;/h4-6H,3H2,1-2H3;1H3. The SMILES string of the molecule is CCOc1ccc(C)cn1.N. The maximum absolute atomic E-state index is 5.15. The molecular weight excluding hydrogens is 140 g/mol. The van der Waals surface area contributed by atoms with Gasteiger partial charge in [0.25, 0.3) is 0 Å². The molecule has 1 rings (SSSR count). The minimum atomic E-state index is 0. The Hall–Kier alpha value is -1.09. The molecule has 3 heteroatoms. The zero-order chi connectivity index (χ0) is 7.40. The third-order valence-electron chi connectivity index (χ3n) is 1.18. The van der Waals surface area contributed by atoms with Gasteiger partial charge in [-0.25, -0.2) is 4.98 Å². The molecule has 0 radical (unpaired) electrons. The van der Waals surface area contributed by atoms with Gasteiger partial charge in [-0.3, -0.25) is 0 Å². The lowest BCUT2D eigenvalue weighted by molar-refractivity contribution is 0.327. The number of pyridine rings is 1. The van der Waals surface area contributed by atoms with Gasteiger partial charge in [0.15, 0.2) is 0 Å². The third kappa shape index (κ3) is 3.00. The van der Waals surface area contributed by atoms with Gasteiger partial charge in [0, 0.05) is 12.3 Å². The Morgan fingerprint density at radius 1 is 1.45 bits per heavy atom. The fourth-order valence-corrected chi connectivity index (χ4v) is 0.688. The van der Waals surface area contributed by atoms with Crippen LogP contribution in [0.15, 0.2) is 18.3 Å². The Kier molecular flexibility index (Phi) is 4.22. The molecule has 0 atom stereocenters.